The van der Waals surface area contributed by atoms with Gasteiger partial charge in [0.1, 0.15) is 5.82 Å². The lowest BCUT2D eigenvalue weighted by Gasteiger charge is -2.35. The Balaban J connectivity index is 1.81. The number of hydrogen-bond acceptors (Lipinski definition) is 4. The highest BCUT2D eigenvalue weighted by Gasteiger charge is 2.27. The first-order valence-electron chi connectivity index (χ1n) is 8.64. The van der Waals surface area contributed by atoms with Crippen molar-refractivity contribution in [3.63, 3.8) is 0 Å². The molecule has 3 aromatic carbocycles. The Bertz CT molecular complexity index is 1210. The van der Waals surface area contributed by atoms with Crippen molar-refractivity contribution in [2.75, 3.05) is 4.90 Å². The van der Waals surface area contributed by atoms with Crippen LogP contribution in [0.2, 0.25) is 0 Å². The average molecular weight is 414 g/mol. The maximum Gasteiger partial charge on any atom is 0.238 e. The number of fused-ring (bicyclic) bond motifs is 1. The van der Waals surface area contributed by atoms with Crippen molar-refractivity contribution in [3.05, 3.63) is 90.0 Å². The Labute approximate surface area is 166 Å². The third-order valence-electron chi connectivity index (χ3n) is 4.46. The molecule has 0 spiro atoms. The number of rotatable bonds is 4. The van der Waals surface area contributed by atoms with Gasteiger partial charge < -0.3 is 9.64 Å². The molecule has 148 valence electrons. The van der Waals surface area contributed by atoms with Gasteiger partial charge in [-0.2, -0.15) is 0 Å². The van der Waals surface area contributed by atoms with Gasteiger partial charge in [0, 0.05) is 11.8 Å². The van der Waals surface area contributed by atoms with Crippen molar-refractivity contribution in [1.29, 1.82) is 0 Å². The minimum Gasteiger partial charge on any atom is -0.463 e. The number of primary sulfonamides is 1. The molecule has 0 fully saturated rings. The van der Waals surface area contributed by atoms with Gasteiger partial charge >= 0.3 is 0 Å². The predicted molar refractivity (Wildman–Crippen MR) is 106 cm³/mol. The molecule has 1 aliphatic heterocycles. The van der Waals surface area contributed by atoms with Crippen LogP contribution in [0.1, 0.15) is 5.56 Å². The Hall–Kier alpha value is -3.23. The molecular formula is C21H16F2N2O3S. The van der Waals surface area contributed by atoms with Crippen LogP contribution in [0.3, 0.4) is 0 Å². The molecule has 8 heteroatoms. The number of benzene rings is 3. The van der Waals surface area contributed by atoms with Crippen LogP contribution in [0.15, 0.2) is 77.7 Å². The van der Waals surface area contributed by atoms with Crippen molar-refractivity contribution in [2.24, 2.45) is 5.14 Å². The largest absolute Gasteiger partial charge is 0.463 e. The summed E-state index contributed by atoms with van der Waals surface area (Å²) in [5, 5.41) is 5.27. The summed E-state index contributed by atoms with van der Waals surface area (Å²) in [5.74, 6) is -1.68. The summed E-state index contributed by atoms with van der Waals surface area (Å²) >= 11 is 0. The molecule has 0 aliphatic carbocycles. The lowest BCUT2D eigenvalue weighted by atomic mass is 10.1. The average Bonchev–Trinajstić information content (AvgIpc) is 2.69. The molecule has 0 amide bonds. The Morgan fingerprint density at radius 3 is 2.52 bits per heavy atom. The van der Waals surface area contributed by atoms with Crippen LogP contribution in [0, 0.1) is 11.6 Å². The molecule has 0 aromatic heterocycles. The molecular weight excluding hydrogens is 398 g/mol. The van der Waals surface area contributed by atoms with E-state index < -0.39 is 27.9 Å². The topological polar surface area (TPSA) is 72.6 Å². The fourth-order valence-electron chi connectivity index (χ4n) is 3.15. The van der Waals surface area contributed by atoms with Crippen molar-refractivity contribution in [2.45, 2.75) is 11.1 Å². The molecule has 0 saturated carbocycles. The highest BCUT2D eigenvalue weighted by atomic mass is 32.2. The van der Waals surface area contributed by atoms with Gasteiger partial charge in [0.25, 0.3) is 0 Å². The zero-order valence-electron chi connectivity index (χ0n) is 15.0. The summed E-state index contributed by atoms with van der Waals surface area (Å²) in [7, 11) is -3.92. The number of para-hydroxylation sites is 1. The monoisotopic (exact) mass is 414 g/mol. The number of ether oxygens (including phenoxy) is 1. The standard InChI is InChI=1S/C21H16F2N2O3S/c22-15-9-10-20(18(23)12-15)28-21-11-8-14-4-1-2-7-19(14)25(21)16-5-3-6-17(13-16)29(24,26)27/h1-13,21H,(H2,24,26,27). The van der Waals surface area contributed by atoms with Crippen LogP contribution in [0.25, 0.3) is 6.08 Å². The van der Waals surface area contributed by atoms with E-state index in [-0.39, 0.29) is 10.6 Å². The van der Waals surface area contributed by atoms with Gasteiger partial charge in [-0.15, -0.1) is 0 Å². The first-order valence-corrected chi connectivity index (χ1v) is 10.2. The van der Waals surface area contributed by atoms with E-state index in [1.807, 2.05) is 30.3 Å². The number of anilines is 2. The Morgan fingerprint density at radius 2 is 1.76 bits per heavy atom. The molecule has 5 nitrogen and oxygen atoms in total. The SMILES string of the molecule is NS(=O)(=O)c1cccc(N2c3ccccc3C=CC2Oc2ccc(F)cc2F)c1. The number of halogens is 2. The zero-order valence-corrected chi connectivity index (χ0v) is 15.8. The molecule has 0 bridgehead atoms. The van der Waals surface area contributed by atoms with E-state index in [0.717, 1.165) is 23.4 Å². The lowest BCUT2D eigenvalue weighted by molar-refractivity contribution is 0.242. The second kappa shape index (κ2) is 7.31. The van der Waals surface area contributed by atoms with E-state index in [1.54, 1.807) is 23.1 Å². The van der Waals surface area contributed by atoms with E-state index >= 15 is 0 Å². The second-order valence-corrected chi connectivity index (χ2v) is 7.97. The molecule has 1 atom stereocenters. The molecule has 4 rings (SSSR count). The smallest absolute Gasteiger partial charge is 0.238 e. The fraction of sp³-hybridized carbons (Fsp3) is 0.0476. The summed E-state index contributed by atoms with van der Waals surface area (Å²) in [6, 6.07) is 16.5. The van der Waals surface area contributed by atoms with Crippen molar-refractivity contribution in [3.8, 4) is 5.75 Å². The first kappa shape index (κ1) is 19.1. The van der Waals surface area contributed by atoms with E-state index in [4.69, 9.17) is 9.88 Å². The summed E-state index contributed by atoms with van der Waals surface area (Å²) < 4.78 is 56.8. The van der Waals surface area contributed by atoms with E-state index in [0.29, 0.717) is 5.69 Å². The molecule has 1 unspecified atom stereocenters. The zero-order chi connectivity index (χ0) is 20.6. The van der Waals surface area contributed by atoms with Crippen LogP contribution < -0.4 is 14.8 Å². The lowest BCUT2D eigenvalue weighted by Crippen LogP contribution is -2.37. The minimum atomic E-state index is -3.92. The van der Waals surface area contributed by atoms with E-state index in [9.17, 15) is 17.2 Å². The van der Waals surface area contributed by atoms with Gasteiger partial charge in [-0.1, -0.05) is 30.3 Å². The fourth-order valence-corrected chi connectivity index (χ4v) is 3.70. The van der Waals surface area contributed by atoms with Gasteiger partial charge in [-0.05, 0) is 48.0 Å². The van der Waals surface area contributed by atoms with Gasteiger partial charge in [0.2, 0.25) is 10.0 Å². The van der Waals surface area contributed by atoms with Crippen molar-refractivity contribution in [1.82, 2.24) is 0 Å². The predicted octanol–water partition coefficient (Wildman–Crippen LogP) is 4.18. The van der Waals surface area contributed by atoms with E-state index in [1.165, 1.54) is 18.2 Å². The van der Waals surface area contributed by atoms with Gasteiger partial charge in [-0.25, -0.2) is 22.3 Å². The quantitative estimate of drug-likeness (QED) is 0.695. The molecule has 29 heavy (non-hydrogen) atoms. The van der Waals surface area contributed by atoms with Gasteiger partial charge in [-0.3, -0.25) is 0 Å². The number of nitrogens with zero attached hydrogens (tertiary/aromatic N) is 1. The highest BCUT2D eigenvalue weighted by molar-refractivity contribution is 7.89. The second-order valence-electron chi connectivity index (χ2n) is 6.41. The van der Waals surface area contributed by atoms with Crippen LogP contribution in [-0.4, -0.2) is 14.6 Å². The van der Waals surface area contributed by atoms with E-state index in [2.05, 4.69) is 0 Å². The van der Waals surface area contributed by atoms with Crippen LogP contribution in [0.4, 0.5) is 20.2 Å². The summed E-state index contributed by atoms with van der Waals surface area (Å²) in [4.78, 5) is 1.65. The third-order valence-corrected chi connectivity index (χ3v) is 5.37. The molecule has 1 aliphatic rings. The highest BCUT2D eigenvalue weighted by Crippen LogP contribution is 2.37. The van der Waals surface area contributed by atoms with Crippen LogP contribution in [-0.2, 0) is 10.0 Å². The summed E-state index contributed by atoms with van der Waals surface area (Å²) in [6.45, 7) is 0. The Kier molecular flexibility index (Phi) is 4.81. The molecule has 3 aromatic rings. The molecule has 2 N–H and O–H groups in total. The summed E-state index contributed by atoms with van der Waals surface area (Å²) in [6.07, 6.45) is 2.72. The number of sulfonamides is 1. The van der Waals surface area contributed by atoms with Crippen LogP contribution in [0.5, 0.6) is 5.75 Å². The maximum absolute atomic E-state index is 14.1. The van der Waals surface area contributed by atoms with Crippen molar-refractivity contribution < 1.29 is 21.9 Å². The van der Waals surface area contributed by atoms with Crippen LogP contribution >= 0.6 is 0 Å². The normalized spacial score (nSPS) is 15.8. The number of nitrogens with two attached hydrogens (primary N) is 1. The maximum atomic E-state index is 14.1. The first-order chi connectivity index (χ1) is 13.8. The minimum absolute atomic E-state index is 0.0613. The molecule has 1 heterocycles. The van der Waals surface area contributed by atoms with Crippen molar-refractivity contribution >= 4 is 27.5 Å². The van der Waals surface area contributed by atoms with Gasteiger partial charge in [0.15, 0.2) is 17.8 Å². The van der Waals surface area contributed by atoms with Gasteiger partial charge in [0.05, 0.1) is 10.6 Å². The molecule has 0 radical (unpaired) electrons. The third kappa shape index (κ3) is 3.85. The Morgan fingerprint density at radius 1 is 0.966 bits per heavy atom. The molecule has 0 saturated heterocycles. The number of hydrogen-bond donors (Lipinski definition) is 1. The summed E-state index contributed by atoms with van der Waals surface area (Å²) in [5.41, 5.74) is 2.09.